The second-order valence-electron chi connectivity index (χ2n) is 3.48. The van der Waals surface area contributed by atoms with Gasteiger partial charge in [0.2, 0.25) is 0 Å². The summed E-state index contributed by atoms with van der Waals surface area (Å²) in [6.45, 7) is 2.41. The summed E-state index contributed by atoms with van der Waals surface area (Å²) in [5.41, 5.74) is 0. The second kappa shape index (κ2) is 6.29. The second-order valence-corrected chi connectivity index (χ2v) is 3.87. The molecule has 7 heteroatoms. The highest BCUT2D eigenvalue weighted by molar-refractivity contribution is 7.80. The summed E-state index contributed by atoms with van der Waals surface area (Å²) in [5, 5.41) is 3.03. The fraction of sp³-hybridized carbons (Fsp3) is 0.600. The maximum absolute atomic E-state index is 11.8. The summed E-state index contributed by atoms with van der Waals surface area (Å²) in [7, 11) is 1.27. The van der Waals surface area contributed by atoms with Crippen molar-refractivity contribution in [3.05, 3.63) is 0 Å². The normalized spacial score (nSPS) is 17.5. The van der Waals surface area contributed by atoms with E-state index in [0.29, 0.717) is 11.7 Å². The van der Waals surface area contributed by atoms with E-state index < -0.39 is 5.97 Å². The van der Waals surface area contributed by atoms with Gasteiger partial charge in [-0.05, 0) is 18.6 Å². The third-order valence-corrected chi connectivity index (χ3v) is 2.57. The lowest BCUT2D eigenvalue weighted by molar-refractivity contribution is -0.138. The summed E-state index contributed by atoms with van der Waals surface area (Å²) in [4.78, 5) is 28.0. The predicted molar refractivity (Wildman–Crippen MR) is 66.7 cm³/mol. The number of thiocarbonyl (C=S) groups is 1. The number of rotatable bonds is 5. The largest absolute Gasteiger partial charge is 0.468 e. The highest BCUT2D eigenvalue weighted by Gasteiger charge is 2.31. The van der Waals surface area contributed by atoms with E-state index in [1.54, 1.807) is 0 Å². The Balaban J connectivity index is 2.63. The fourth-order valence-electron chi connectivity index (χ4n) is 1.28. The minimum atomic E-state index is -0.495. The Hall–Kier alpha value is -1.50. The molecule has 0 atom stereocenters. The van der Waals surface area contributed by atoms with E-state index in [1.807, 2.05) is 6.92 Å². The minimum Gasteiger partial charge on any atom is -0.468 e. The number of amidine groups is 1. The number of methoxy groups -OCH3 is 1. The van der Waals surface area contributed by atoms with Gasteiger partial charge in [0, 0.05) is 6.54 Å². The standard InChI is InChI=1S/C10H15N3O3S/c1-3-4-5-13-9(15)8(12-10(13)17)11-6-7(14)16-2/h3-6H2,1-2H3,(H,11,12,17). The molecular formula is C10H15N3O3S. The van der Waals surface area contributed by atoms with Crippen molar-refractivity contribution < 1.29 is 14.3 Å². The first-order valence-corrected chi connectivity index (χ1v) is 5.75. The van der Waals surface area contributed by atoms with Crippen molar-refractivity contribution in [1.82, 2.24) is 10.2 Å². The van der Waals surface area contributed by atoms with Crippen molar-refractivity contribution in [2.45, 2.75) is 19.8 Å². The van der Waals surface area contributed by atoms with Gasteiger partial charge in [-0.15, -0.1) is 0 Å². The molecule has 1 N–H and O–H groups in total. The van der Waals surface area contributed by atoms with E-state index in [0.717, 1.165) is 12.8 Å². The van der Waals surface area contributed by atoms with E-state index in [4.69, 9.17) is 12.2 Å². The number of unbranched alkanes of at least 4 members (excludes halogenated alkanes) is 1. The van der Waals surface area contributed by atoms with Crippen LogP contribution in [0.3, 0.4) is 0 Å². The van der Waals surface area contributed by atoms with E-state index in [-0.39, 0.29) is 18.3 Å². The quantitative estimate of drug-likeness (QED) is 0.557. The molecule has 0 bridgehead atoms. The summed E-state index contributed by atoms with van der Waals surface area (Å²) in [6, 6.07) is 0. The molecule has 1 amide bonds. The van der Waals surface area contributed by atoms with Crippen LogP contribution in [0.1, 0.15) is 19.8 Å². The number of ether oxygens (including phenoxy) is 1. The van der Waals surface area contributed by atoms with E-state index in [2.05, 4.69) is 15.0 Å². The van der Waals surface area contributed by atoms with Crippen LogP contribution in [0.4, 0.5) is 0 Å². The van der Waals surface area contributed by atoms with Crippen molar-refractivity contribution in [2.75, 3.05) is 20.2 Å². The Morgan fingerprint density at radius 2 is 2.29 bits per heavy atom. The Morgan fingerprint density at radius 3 is 2.88 bits per heavy atom. The Labute approximate surface area is 105 Å². The molecule has 0 unspecified atom stereocenters. The topological polar surface area (TPSA) is 71.0 Å². The van der Waals surface area contributed by atoms with Gasteiger partial charge in [-0.1, -0.05) is 13.3 Å². The number of esters is 1. The van der Waals surface area contributed by atoms with Crippen molar-refractivity contribution in [1.29, 1.82) is 0 Å². The molecule has 0 saturated carbocycles. The van der Waals surface area contributed by atoms with Gasteiger partial charge in [0.1, 0.15) is 6.54 Å². The first-order valence-electron chi connectivity index (χ1n) is 5.34. The lowest BCUT2D eigenvalue weighted by Gasteiger charge is -2.12. The number of carbonyl (C=O) groups excluding carboxylic acids is 2. The van der Waals surface area contributed by atoms with Gasteiger partial charge in [0.15, 0.2) is 10.9 Å². The van der Waals surface area contributed by atoms with Gasteiger partial charge in [0.05, 0.1) is 7.11 Å². The van der Waals surface area contributed by atoms with Crippen LogP contribution in [-0.4, -0.2) is 47.9 Å². The zero-order chi connectivity index (χ0) is 12.8. The maximum Gasteiger partial charge on any atom is 0.327 e. The van der Waals surface area contributed by atoms with E-state index in [9.17, 15) is 9.59 Å². The molecule has 0 aromatic rings. The number of hydrogen-bond donors (Lipinski definition) is 1. The lowest BCUT2D eigenvalue weighted by Crippen LogP contribution is -2.31. The van der Waals surface area contributed by atoms with Crippen molar-refractivity contribution >= 4 is 35.0 Å². The van der Waals surface area contributed by atoms with Gasteiger partial charge in [0.25, 0.3) is 5.91 Å². The lowest BCUT2D eigenvalue weighted by atomic mass is 10.3. The van der Waals surface area contributed by atoms with Crippen LogP contribution in [0, 0.1) is 0 Å². The third-order valence-electron chi connectivity index (χ3n) is 2.25. The number of nitrogens with zero attached hydrogens (tertiary/aromatic N) is 2. The molecule has 1 heterocycles. The van der Waals surface area contributed by atoms with Gasteiger partial charge in [-0.2, -0.15) is 0 Å². The molecule has 0 aromatic carbocycles. The highest BCUT2D eigenvalue weighted by Crippen LogP contribution is 2.04. The summed E-state index contributed by atoms with van der Waals surface area (Å²) in [5.74, 6) is -0.672. The van der Waals surface area contributed by atoms with Crippen LogP contribution >= 0.6 is 12.2 Å². The molecule has 0 aliphatic carbocycles. The Bertz CT molecular complexity index is 368. The molecule has 17 heavy (non-hydrogen) atoms. The monoisotopic (exact) mass is 257 g/mol. The van der Waals surface area contributed by atoms with Crippen molar-refractivity contribution in [3.8, 4) is 0 Å². The molecule has 1 aliphatic heterocycles. The zero-order valence-corrected chi connectivity index (χ0v) is 10.7. The number of amides is 1. The molecule has 1 fully saturated rings. The first kappa shape index (κ1) is 13.6. The van der Waals surface area contributed by atoms with Gasteiger partial charge < -0.3 is 10.1 Å². The van der Waals surface area contributed by atoms with Crippen LogP contribution in [0.2, 0.25) is 0 Å². The molecule has 1 saturated heterocycles. The van der Waals surface area contributed by atoms with E-state index in [1.165, 1.54) is 12.0 Å². The molecule has 1 aliphatic rings. The fourth-order valence-corrected chi connectivity index (χ4v) is 1.55. The molecule has 0 radical (unpaired) electrons. The van der Waals surface area contributed by atoms with Crippen LogP contribution in [0.5, 0.6) is 0 Å². The Morgan fingerprint density at radius 1 is 1.59 bits per heavy atom. The molecule has 1 rings (SSSR count). The summed E-state index contributed by atoms with van der Waals surface area (Å²) >= 11 is 5.01. The van der Waals surface area contributed by atoms with Gasteiger partial charge in [-0.25, -0.2) is 0 Å². The molecular weight excluding hydrogens is 242 g/mol. The summed E-state index contributed by atoms with van der Waals surface area (Å²) in [6.07, 6.45) is 1.85. The van der Waals surface area contributed by atoms with Gasteiger partial charge >= 0.3 is 5.97 Å². The average molecular weight is 257 g/mol. The van der Waals surface area contributed by atoms with Crippen LogP contribution in [0.15, 0.2) is 4.99 Å². The van der Waals surface area contributed by atoms with Gasteiger partial charge in [-0.3, -0.25) is 19.5 Å². The predicted octanol–water partition coefficient (Wildman–Crippen LogP) is 0.0747. The van der Waals surface area contributed by atoms with Crippen LogP contribution < -0.4 is 5.32 Å². The van der Waals surface area contributed by atoms with Crippen molar-refractivity contribution in [2.24, 2.45) is 4.99 Å². The molecule has 0 spiro atoms. The maximum atomic E-state index is 11.8. The smallest absolute Gasteiger partial charge is 0.327 e. The Kier molecular flexibility index (Phi) is 5.02. The van der Waals surface area contributed by atoms with Crippen molar-refractivity contribution in [3.63, 3.8) is 0 Å². The average Bonchev–Trinajstić information content (AvgIpc) is 2.59. The number of nitrogens with one attached hydrogen (secondary N) is 1. The third kappa shape index (κ3) is 3.48. The van der Waals surface area contributed by atoms with Crippen LogP contribution in [-0.2, 0) is 14.3 Å². The van der Waals surface area contributed by atoms with Crippen LogP contribution in [0.25, 0.3) is 0 Å². The highest BCUT2D eigenvalue weighted by atomic mass is 32.1. The molecule has 6 nitrogen and oxygen atoms in total. The zero-order valence-electron chi connectivity index (χ0n) is 9.86. The number of aliphatic imine (C=N–C) groups is 1. The summed E-state index contributed by atoms with van der Waals surface area (Å²) < 4.78 is 4.43. The van der Waals surface area contributed by atoms with E-state index >= 15 is 0 Å². The minimum absolute atomic E-state index is 0.108. The number of carbonyl (C=O) groups is 2. The first-order chi connectivity index (χ1) is 8.10. The molecule has 0 aromatic heterocycles. The SMILES string of the molecule is CCCCN1C(=O)C(=NCC(=O)OC)NC1=S. The molecule has 94 valence electrons. The number of hydrogen-bond acceptors (Lipinski definition) is 5.